The van der Waals surface area contributed by atoms with Crippen LogP contribution in [0.4, 0.5) is 4.79 Å². The van der Waals surface area contributed by atoms with Crippen molar-refractivity contribution < 1.29 is 9.59 Å². The first-order chi connectivity index (χ1) is 8.66. The Morgan fingerprint density at radius 2 is 1.28 bits per heavy atom. The molecule has 18 heavy (non-hydrogen) atoms. The van der Waals surface area contributed by atoms with Gasteiger partial charge in [-0.2, -0.15) is 0 Å². The maximum absolute atomic E-state index is 11.1. The first kappa shape index (κ1) is 16.9. The van der Waals surface area contributed by atoms with Gasteiger partial charge in [-0.05, 0) is 6.42 Å². The highest BCUT2D eigenvalue weighted by atomic mass is 16.2. The third-order valence-corrected chi connectivity index (χ3v) is 3.02. The number of primary amides is 1. The summed E-state index contributed by atoms with van der Waals surface area (Å²) >= 11 is 0. The van der Waals surface area contributed by atoms with Crippen molar-refractivity contribution >= 4 is 11.9 Å². The van der Waals surface area contributed by atoms with E-state index in [1.54, 1.807) is 0 Å². The Kier molecular flexibility index (Phi) is 11.7. The minimum absolute atomic E-state index is 0.262. The van der Waals surface area contributed by atoms with Crippen molar-refractivity contribution in [1.29, 1.82) is 0 Å². The number of hydrogen-bond donors (Lipinski definition) is 2. The number of urea groups is 1. The molecule has 3 N–H and O–H groups in total. The molecule has 0 aromatic rings. The number of carbonyl (C=O) groups excluding carboxylic acids is 2. The maximum Gasteiger partial charge on any atom is 0.318 e. The number of unbranched alkanes of at least 4 members (excludes halogenated alkanes) is 9. The van der Waals surface area contributed by atoms with Crippen LogP contribution in [0.1, 0.15) is 77.6 Å². The predicted octanol–water partition coefficient (Wildman–Crippen LogP) is 3.49. The Morgan fingerprint density at radius 1 is 0.833 bits per heavy atom. The molecule has 0 saturated heterocycles. The lowest BCUT2D eigenvalue weighted by atomic mass is 10.1. The normalized spacial score (nSPS) is 10.3. The summed E-state index contributed by atoms with van der Waals surface area (Å²) in [6.45, 7) is 2.23. The lowest BCUT2D eigenvalue weighted by molar-refractivity contribution is -0.120. The van der Waals surface area contributed by atoms with Crippen LogP contribution in [0, 0.1) is 0 Å². The molecule has 0 aliphatic rings. The van der Waals surface area contributed by atoms with E-state index >= 15 is 0 Å². The average Bonchev–Trinajstić information content (AvgIpc) is 2.30. The topological polar surface area (TPSA) is 72.2 Å². The van der Waals surface area contributed by atoms with Gasteiger partial charge in [0.05, 0.1) is 0 Å². The summed E-state index contributed by atoms with van der Waals surface area (Å²) in [6, 6.07) is -0.757. The Labute approximate surface area is 111 Å². The standard InChI is InChI=1S/C14H28N2O2/c1-2-3-4-5-6-7-8-9-10-11-12-13(17)16-14(15)18/h2-12H2,1H3,(H3,15,16,17,18). The third-order valence-electron chi connectivity index (χ3n) is 3.02. The molecule has 0 heterocycles. The lowest BCUT2D eigenvalue weighted by Crippen LogP contribution is -2.34. The number of amides is 3. The number of nitrogens with two attached hydrogens (primary N) is 1. The number of carbonyl (C=O) groups is 2. The third kappa shape index (κ3) is 13.0. The summed E-state index contributed by atoms with van der Waals surface area (Å²) in [6.07, 6.45) is 12.7. The van der Waals surface area contributed by atoms with E-state index in [0.29, 0.717) is 6.42 Å². The van der Waals surface area contributed by atoms with Gasteiger partial charge < -0.3 is 5.73 Å². The van der Waals surface area contributed by atoms with Crippen LogP contribution in [0.5, 0.6) is 0 Å². The minimum Gasteiger partial charge on any atom is -0.351 e. The maximum atomic E-state index is 11.1. The second-order valence-corrected chi connectivity index (χ2v) is 4.84. The summed E-state index contributed by atoms with van der Waals surface area (Å²) in [4.78, 5) is 21.5. The number of rotatable bonds is 11. The fraction of sp³-hybridized carbons (Fsp3) is 0.857. The lowest BCUT2D eigenvalue weighted by Gasteiger charge is -2.02. The average molecular weight is 256 g/mol. The number of imide groups is 1. The molecule has 0 spiro atoms. The highest BCUT2D eigenvalue weighted by Crippen LogP contribution is 2.11. The largest absolute Gasteiger partial charge is 0.351 e. The molecule has 0 unspecified atom stereocenters. The Morgan fingerprint density at radius 3 is 1.72 bits per heavy atom. The zero-order valence-electron chi connectivity index (χ0n) is 11.7. The van der Waals surface area contributed by atoms with Gasteiger partial charge >= 0.3 is 6.03 Å². The quantitative estimate of drug-likeness (QED) is 0.555. The smallest absolute Gasteiger partial charge is 0.318 e. The van der Waals surface area contributed by atoms with Crippen molar-refractivity contribution in [1.82, 2.24) is 5.32 Å². The molecule has 3 amide bonds. The first-order valence-electron chi connectivity index (χ1n) is 7.26. The van der Waals surface area contributed by atoms with Gasteiger partial charge in [0.2, 0.25) is 5.91 Å². The van der Waals surface area contributed by atoms with E-state index in [9.17, 15) is 9.59 Å². The molecular weight excluding hydrogens is 228 g/mol. The van der Waals surface area contributed by atoms with Crippen molar-refractivity contribution in [3.8, 4) is 0 Å². The minimum atomic E-state index is -0.757. The van der Waals surface area contributed by atoms with Crippen LogP contribution in [-0.4, -0.2) is 11.9 Å². The Hall–Kier alpha value is -1.06. The Balaban J connectivity index is 3.11. The summed E-state index contributed by atoms with van der Waals surface area (Å²) in [5.74, 6) is -0.262. The van der Waals surface area contributed by atoms with Gasteiger partial charge in [-0.1, -0.05) is 64.7 Å². The van der Waals surface area contributed by atoms with Crippen LogP contribution >= 0.6 is 0 Å². The molecule has 0 aliphatic heterocycles. The highest BCUT2D eigenvalue weighted by molar-refractivity contribution is 5.93. The summed E-state index contributed by atoms with van der Waals surface area (Å²) in [5, 5.41) is 2.07. The van der Waals surface area contributed by atoms with E-state index in [1.165, 1.54) is 51.4 Å². The molecule has 0 saturated carbocycles. The molecule has 0 aromatic carbocycles. The summed E-state index contributed by atoms with van der Waals surface area (Å²) in [5.41, 5.74) is 4.84. The highest BCUT2D eigenvalue weighted by Gasteiger charge is 2.02. The van der Waals surface area contributed by atoms with Crippen LogP contribution in [0.15, 0.2) is 0 Å². The van der Waals surface area contributed by atoms with E-state index < -0.39 is 6.03 Å². The van der Waals surface area contributed by atoms with Gasteiger partial charge in [-0.15, -0.1) is 0 Å². The molecule has 0 radical (unpaired) electrons. The zero-order chi connectivity index (χ0) is 13.6. The molecule has 106 valence electrons. The van der Waals surface area contributed by atoms with Crippen molar-refractivity contribution in [2.45, 2.75) is 77.6 Å². The van der Waals surface area contributed by atoms with Gasteiger partial charge in [0, 0.05) is 6.42 Å². The fourth-order valence-corrected chi connectivity index (χ4v) is 1.97. The van der Waals surface area contributed by atoms with Crippen molar-refractivity contribution in [3.63, 3.8) is 0 Å². The SMILES string of the molecule is CCCCCCCCCCCCC(=O)NC(N)=O. The molecule has 0 atom stereocenters. The molecular formula is C14H28N2O2. The Bertz CT molecular complexity index is 230. The fourth-order valence-electron chi connectivity index (χ4n) is 1.97. The summed E-state index contributed by atoms with van der Waals surface area (Å²) in [7, 11) is 0. The van der Waals surface area contributed by atoms with E-state index in [-0.39, 0.29) is 5.91 Å². The van der Waals surface area contributed by atoms with Crippen LogP contribution in [0.25, 0.3) is 0 Å². The van der Waals surface area contributed by atoms with E-state index in [1.807, 2.05) is 0 Å². The molecule has 4 nitrogen and oxygen atoms in total. The summed E-state index contributed by atoms with van der Waals surface area (Å²) < 4.78 is 0. The number of nitrogens with one attached hydrogen (secondary N) is 1. The molecule has 0 fully saturated rings. The van der Waals surface area contributed by atoms with Crippen LogP contribution in [0.2, 0.25) is 0 Å². The van der Waals surface area contributed by atoms with E-state index in [4.69, 9.17) is 5.73 Å². The van der Waals surface area contributed by atoms with Crippen molar-refractivity contribution in [2.75, 3.05) is 0 Å². The first-order valence-corrected chi connectivity index (χ1v) is 7.26. The van der Waals surface area contributed by atoms with E-state index in [2.05, 4.69) is 12.2 Å². The predicted molar refractivity (Wildman–Crippen MR) is 74.2 cm³/mol. The van der Waals surface area contributed by atoms with Crippen LogP contribution in [-0.2, 0) is 4.79 Å². The zero-order valence-corrected chi connectivity index (χ0v) is 11.7. The van der Waals surface area contributed by atoms with Gasteiger partial charge in [0.15, 0.2) is 0 Å². The molecule has 4 heteroatoms. The molecule has 0 rings (SSSR count). The van der Waals surface area contributed by atoms with Crippen LogP contribution < -0.4 is 11.1 Å². The molecule has 0 aliphatic carbocycles. The van der Waals surface area contributed by atoms with Gasteiger partial charge in [0.1, 0.15) is 0 Å². The van der Waals surface area contributed by atoms with Gasteiger partial charge in [-0.25, -0.2) is 4.79 Å². The van der Waals surface area contributed by atoms with E-state index in [0.717, 1.165) is 12.8 Å². The van der Waals surface area contributed by atoms with Gasteiger partial charge in [-0.3, -0.25) is 10.1 Å². The monoisotopic (exact) mass is 256 g/mol. The van der Waals surface area contributed by atoms with Crippen LogP contribution in [0.3, 0.4) is 0 Å². The molecule has 0 aromatic heterocycles. The van der Waals surface area contributed by atoms with Crippen molar-refractivity contribution in [2.24, 2.45) is 5.73 Å². The number of hydrogen-bond acceptors (Lipinski definition) is 2. The van der Waals surface area contributed by atoms with Gasteiger partial charge in [0.25, 0.3) is 0 Å². The molecule has 0 bridgehead atoms. The second-order valence-electron chi connectivity index (χ2n) is 4.84. The second kappa shape index (κ2) is 12.4. The van der Waals surface area contributed by atoms with Crippen molar-refractivity contribution in [3.05, 3.63) is 0 Å².